The number of nitrogen functional groups attached to an aromatic ring is 2. The second-order valence-corrected chi connectivity index (χ2v) is 7.06. The van der Waals surface area contributed by atoms with E-state index in [1.54, 1.807) is 0 Å². The number of benzene rings is 1. The van der Waals surface area contributed by atoms with Gasteiger partial charge >= 0.3 is 5.97 Å². The molecule has 2 heterocycles. The van der Waals surface area contributed by atoms with Gasteiger partial charge in [0.05, 0.1) is 30.5 Å². The van der Waals surface area contributed by atoms with Crippen molar-refractivity contribution in [2.24, 2.45) is 5.92 Å². The van der Waals surface area contributed by atoms with Gasteiger partial charge in [-0.2, -0.15) is 4.98 Å². The van der Waals surface area contributed by atoms with E-state index in [9.17, 15) is 4.79 Å². The van der Waals surface area contributed by atoms with Crippen molar-refractivity contribution < 1.29 is 19.4 Å². The van der Waals surface area contributed by atoms with Gasteiger partial charge < -0.3 is 30.9 Å². The summed E-state index contributed by atoms with van der Waals surface area (Å²) < 4.78 is 11.7. The highest BCUT2D eigenvalue weighted by Crippen LogP contribution is 2.34. The van der Waals surface area contributed by atoms with Gasteiger partial charge in [-0.1, -0.05) is 13.0 Å². The largest absolute Gasteiger partial charge is 0.491 e. The molecule has 1 aliphatic rings. The van der Waals surface area contributed by atoms with Crippen LogP contribution in [0.15, 0.2) is 18.2 Å². The van der Waals surface area contributed by atoms with Crippen LogP contribution in [0.5, 0.6) is 11.5 Å². The van der Waals surface area contributed by atoms with Crippen molar-refractivity contribution >= 4 is 23.4 Å². The number of aromatic nitrogens is 2. The smallest absolute Gasteiger partial charge is 0.310 e. The number of carboxylic acid groups (broad SMARTS) is 1. The topological polar surface area (TPSA) is 137 Å². The standard InChI is InChI=1S/C20H27N5O4/c1-3-14-17(18(21)24-20(22)23-14)29-8-4-7-28-16-9-12(2)5-6-15(16)25-10-13(11-25)19(26)27/h5-6,9,13H,3-4,7-8,10-11H2,1-2H3,(H,26,27)(H4,21,22,23,24). The van der Waals surface area contributed by atoms with Crippen molar-refractivity contribution in [1.29, 1.82) is 0 Å². The van der Waals surface area contributed by atoms with Crippen LogP contribution in [0.1, 0.15) is 24.6 Å². The Balaban J connectivity index is 1.54. The molecule has 0 amide bonds. The molecule has 156 valence electrons. The highest BCUT2D eigenvalue weighted by Gasteiger charge is 2.33. The summed E-state index contributed by atoms with van der Waals surface area (Å²) in [6.07, 6.45) is 1.28. The predicted molar refractivity (Wildman–Crippen MR) is 110 cm³/mol. The van der Waals surface area contributed by atoms with Crippen LogP contribution >= 0.6 is 0 Å². The van der Waals surface area contributed by atoms with Gasteiger partial charge in [0.2, 0.25) is 5.95 Å². The van der Waals surface area contributed by atoms with Crippen molar-refractivity contribution in [3.8, 4) is 11.5 Å². The van der Waals surface area contributed by atoms with E-state index >= 15 is 0 Å². The lowest BCUT2D eigenvalue weighted by Crippen LogP contribution is -2.50. The fraction of sp³-hybridized carbons (Fsp3) is 0.450. The molecule has 0 spiro atoms. The van der Waals surface area contributed by atoms with E-state index in [2.05, 4.69) is 9.97 Å². The van der Waals surface area contributed by atoms with Crippen LogP contribution in [0.25, 0.3) is 0 Å². The summed E-state index contributed by atoms with van der Waals surface area (Å²) in [6, 6.07) is 5.93. The Labute approximate surface area is 169 Å². The molecule has 9 heteroatoms. The van der Waals surface area contributed by atoms with E-state index in [1.165, 1.54) is 0 Å². The zero-order valence-corrected chi connectivity index (χ0v) is 16.7. The number of nitrogens with two attached hydrogens (primary N) is 2. The second-order valence-electron chi connectivity index (χ2n) is 7.06. The van der Waals surface area contributed by atoms with Gasteiger partial charge in [-0.05, 0) is 31.0 Å². The van der Waals surface area contributed by atoms with Gasteiger partial charge in [0.1, 0.15) is 5.75 Å². The number of rotatable bonds is 9. The first-order valence-corrected chi connectivity index (χ1v) is 9.65. The molecule has 0 aliphatic carbocycles. The maximum absolute atomic E-state index is 11.1. The number of ether oxygens (including phenoxy) is 2. The molecule has 3 rings (SSSR count). The second kappa shape index (κ2) is 8.85. The van der Waals surface area contributed by atoms with Crippen LogP contribution in [0.4, 0.5) is 17.5 Å². The molecule has 1 fully saturated rings. The molecule has 1 aromatic carbocycles. The molecule has 0 saturated carbocycles. The average Bonchev–Trinajstić information content (AvgIpc) is 2.62. The summed E-state index contributed by atoms with van der Waals surface area (Å²) >= 11 is 0. The van der Waals surface area contributed by atoms with Crippen LogP contribution in [0.3, 0.4) is 0 Å². The first kappa shape index (κ1) is 20.5. The van der Waals surface area contributed by atoms with E-state index < -0.39 is 5.97 Å². The fourth-order valence-corrected chi connectivity index (χ4v) is 3.18. The Hall–Kier alpha value is -3.23. The lowest BCUT2D eigenvalue weighted by molar-refractivity contribution is -0.142. The first-order valence-electron chi connectivity index (χ1n) is 9.65. The Bertz CT molecular complexity index is 883. The van der Waals surface area contributed by atoms with Crippen LogP contribution in [0, 0.1) is 12.8 Å². The van der Waals surface area contributed by atoms with Crippen molar-refractivity contribution in [2.45, 2.75) is 26.7 Å². The predicted octanol–water partition coefficient (Wildman–Crippen LogP) is 1.88. The van der Waals surface area contributed by atoms with Crippen molar-refractivity contribution in [3.63, 3.8) is 0 Å². The number of aryl methyl sites for hydroxylation is 2. The van der Waals surface area contributed by atoms with Crippen LogP contribution < -0.4 is 25.8 Å². The van der Waals surface area contributed by atoms with Crippen LogP contribution in [0.2, 0.25) is 0 Å². The van der Waals surface area contributed by atoms with Gasteiger partial charge in [0.15, 0.2) is 11.6 Å². The summed E-state index contributed by atoms with van der Waals surface area (Å²) in [7, 11) is 0. The Morgan fingerprint density at radius 3 is 2.66 bits per heavy atom. The molecular weight excluding hydrogens is 374 g/mol. The molecule has 1 aromatic heterocycles. The number of carbonyl (C=O) groups is 1. The van der Waals surface area contributed by atoms with Crippen LogP contribution in [-0.2, 0) is 11.2 Å². The van der Waals surface area contributed by atoms with Crippen molar-refractivity contribution in [2.75, 3.05) is 42.7 Å². The van der Waals surface area contributed by atoms with E-state index in [-0.39, 0.29) is 17.7 Å². The molecule has 0 atom stereocenters. The number of carboxylic acids is 1. The number of hydrogen-bond donors (Lipinski definition) is 3. The van der Waals surface area contributed by atoms with Gasteiger partial charge in [-0.25, -0.2) is 4.98 Å². The summed E-state index contributed by atoms with van der Waals surface area (Å²) in [6.45, 7) is 5.77. The normalized spacial score (nSPS) is 13.8. The molecular formula is C20H27N5O4. The van der Waals surface area contributed by atoms with E-state index in [4.69, 9.17) is 26.0 Å². The zero-order chi connectivity index (χ0) is 21.0. The molecule has 0 bridgehead atoms. The quantitative estimate of drug-likeness (QED) is 0.538. The molecule has 5 N–H and O–H groups in total. The lowest BCUT2D eigenvalue weighted by atomic mass is 9.99. The SMILES string of the molecule is CCc1nc(N)nc(N)c1OCCCOc1cc(C)ccc1N1CC(C(=O)O)C1. The third kappa shape index (κ3) is 4.79. The Morgan fingerprint density at radius 2 is 1.97 bits per heavy atom. The van der Waals surface area contributed by atoms with E-state index in [0.29, 0.717) is 50.6 Å². The van der Waals surface area contributed by atoms with Gasteiger partial charge in [0, 0.05) is 19.5 Å². The number of hydrogen-bond acceptors (Lipinski definition) is 8. The maximum atomic E-state index is 11.1. The first-order chi connectivity index (χ1) is 13.9. The minimum atomic E-state index is -0.759. The summed E-state index contributed by atoms with van der Waals surface area (Å²) in [5, 5.41) is 9.08. The summed E-state index contributed by atoms with van der Waals surface area (Å²) in [5.41, 5.74) is 14.2. The third-order valence-corrected chi connectivity index (χ3v) is 4.79. The summed E-state index contributed by atoms with van der Waals surface area (Å²) in [4.78, 5) is 21.2. The molecule has 2 aromatic rings. The number of aliphatic carboxylic acids is 1. The minimum absolute atomic E-state index is 0.137. The van der Waals surface area contributed by atoms with E-state index in [0.717, 1.165) is 17.0 Å². The van der Waals surface area contributed by atoms with Crippen molar-refractivity contribution in [3.05, 3.63) is 29.5 Å². The fourth-order valence-electron chi connectivity index (χ4n) is 3.18. The molecule has 1 saturated heterocycles. The molecule has 0 radical (unpaired) electrons. The molecule has 1 aliphatic heterocycles. The summed E-state index contributed by atoms with van der Waals surface area (Å²) in [5.74, 6) is 0.514. The molecule has 9 nitrogen and oxygen atoms in total. The minimum Gasteiger partial charge on any atom is -0.491 e. The van der Waals surface area contributed by atoms with Crippen LogP contribution in [-0.4, -0.2) is 47.3 Å². The monoisotopic (exact) mass is 401 g/mol. The maximum Gasteiger partial charge on any atom is 0.310 e. The molecule has 0 unspecified atom stereocenters. The number of anilines is 3. The zero-order valence-electron chi connectivity index (χ0n) is 16.7. The van der Waals surface area contributed by atoms with E-state index in [1.807, 2.05) is 36.9 Å². The van der Waals surface area contributed by atoms with Crippen molar-refractivity contribution in [1.82, 2.24) is 9.97 Å². The Morgan fingerprint density at radius 1 is 1.24 bits per heavy atom. The Kier molecular flexibility index (Phi) is 6.26. The molecule has 29 heavy (non-hydrogen) atoms. The third-order valence-electron chi connectivity index (χ3n) is 4.79. The average molecular weight is 401 g/mol. The van der Waals surface area contributed by atoms with Gasteiger partial charge in [-0.15, -0.1) is 0 Å². The highest BCUT2D eigenvalue weighted by molar-refractivity contribution is 5.75. The lowest BCUT2D eigenvalue weighted by Gasteiger charge is -2.39. The number of nitrogens with zero attached hydrogens (tertiary/aromatic N) is 3. The van der Waals surface area contributed by atoms with Gasteiger partial charge in [0.25, 0.3) is 0 Å². The highest BCUT2D eigenvalue weighted by atomic mass is 16.5. The van der Waals surface area contributed by atoms with Gasteiger partial charge in [-0.3, -0.25) is 4.79 Å².